The molecular weight excluding hydrogens is 520 g/mol. The van der Waals surface area contributed by atoms with Crippen LogP contribution in [0.5, 0.6) is 11.5 Å². The highest BCUT2D eigenvalue weighted by atomic mass is 35.5. The van der Waals surface area contributed by atoms with Crippen molar-refractivity contribution in [3.63, 3.8) is 0 Å². The third-order valence-corrected chi connectivity index (χ3v) is 6.94. The Morgan fingerprint density at radius 1 is 0.750 bits per heavy atom. The average molecular weight is 559 g/mol. The Balaban J connectivity index is 1.38. The molecule has 0 aliphatic rings. The fourth-order valence-corrected chi connectivity index (χ4v) is 4.47. The van der Waals surface area contributed by atoms with Gasteiger partial charge in [-0.05, 0) is 91.8 Å². The van der Waals surface area contributed by atoms with Crippen LogP contribution in [0.15, 0.2) is 78.9 Å². The van der Waals surface area contributed by atoms with Gasteiger partial charge in [-0.25, -0.2) is 9.97 Å². The molecule has 7 heteroatoms. The number of nitrogens with zero attached hydrogens (tertiary/aromatic N) is 3. The molecule has 1 aromatic heterocycles. The molecule has 0 radical (unpaired) electrons. The number of rotatable bonds is 15. The van der Waals surface area contributed by atoms with Crippen LogP contribution in [0.4, 0.5) is 11.6 Å². The SMILES string of the molecule is CCCc1cc(-c2ccc(OCCc3ccc(Cl)cc3)cc2)nc(Nc2ccc(OCCN(CC)CC)cc2)n1. The Morgan fingerprint density at radius 2 is 1.40 bits per heavy atom. The van der Waals surface area contributed by atoms with Gasteiger partial charge in [0.15, 0.2) is 0 Å². The fraction of sp³-hybridized carbons (Fsp3) is 0.333. The van der Waals surface area contributed by atoms with E-state index in [9.17, 15) is 0 Å². The van der Waals surface area contributed by atoms with E-state index in [1.54, 1.807) is 0 Å². The zero-order chi connectivity index (χ0) is 28.2. The highest BCUT2D eigenvalue weighted by Crippen LogP contribution is 2.25. The first-order chi connectivity index (χ1) is 19.6. The van der Waals surface area contributed by atoms with Crippen LogP contribution in [-0.2, 0) is 12.8 Å². The van der Waals surface area contributed by atoms with Gasteiger partial charge >= 0.3 is 0 Å². The van der Waals surface area contributed by atoms with Gasteiger partial charge in [0.05, 0.1) is 12.3 Å². The van der Waals surface area contributed by atoms with Crippen molar-refractivity contribution in [2.75, 3.05) is 38.2 Å². The summed E-state index contributed by atoms with van der Waals surface area (Å²) in [6.45, 7) is 10.8. The van der Waals surface area contributed by atoms with Gasteiger partial charge in [-0.2, -0.15) is 0 Å². The first kappa shape index (κ1) is 29.4. The predicted molar refractivity (Wildman–Crippen MR) is 165 cm³/mol. The Morgan fingerprint density at radius 3 is 2.05 bits per heavy atom. The number of aromatic nitrogens is 2. The minimum Gasteiger partial charge on any atom is -0.493 e. The van der Waals surface area contributed by atoms with Gasteiger partial charge < -0.3 is 19.7 Å². The van der Waals surface area contributed by atoms with Gasteiger partial charge in [0, 0.05) is 34.9 Å². The van der Waals surface area contributed by atoms with Crippen molar-refractivity contribution in [3.05, 3.63) is 95.1 Å². The quantitative estimate of drug-likeness (QED) is 0.160. The number of likely N-dealkylation sites (N-methyl/N-ethyl adjacent to an activating group) is 1. The number of halogens is 1. The van der Waals surface area contributed by atoms with E-state index in [-0.39, 0.29) is 0 Å². The summed E-state index contributed by atoms with van der Waals surface area (Å²) in [5.41, 5.74) is 5.02. The van der Waals surface area contributed by atoms with E-state index >= 15 is 0 Å². The zero-order valence-electron chi connectivity index (χ0n) is 23.7. The van der Waals surface area contributed by atoms with Crippen LogP contribution in [0, 0.1) is 0 Å². The molecule has 0 bridgehead atoms. The van der Waals surface area contributed by atoms with Crippen LogP contribution in [0.3, 0.4) is 0 Å². The summed E-state index contributed by atoms with van der Waals surface area (Å²) in [7, 11) is 0. The molecule has 4 rings (SSSR count). The lowest BCUT2D eigenvalue weighted by atomic mass is 10.1. The molecule has 4 aromatic rings. The number of hydrogen-bond donors (Lipinski definition) is 1. The van der Waals surface area contributed by atoms with Crippen molar-refractivity contribution in [1.82, 2.24) is 14.9 Å². The van der Waals surface area contributed by atoms with Gasteiger partial charge in [-0.1, -0.05) is 50.9 Å². The lowest BCUT2D eigenvalue weighted by Gasteiger charge is -2.18. The average Bonchev–Trinajstić information content (AvgIpc) is 2.98. The number of anilines is 2. The summed E-state index contributed by atoms with van der Waals surface area (Å²) >= 11 is 5.97. The molecule has 1 heterocycles. The maximum Gasteiger partial charge on any atom is 0.227 e. The summed E-state index contributed by atoms with van der Waals surface area (Å²) in [4.78, 5) is 11.9. The van der Waals surface area contributed by atoms with Crippen LogP contribution >= 0.6 is 11.6 Å². The number of hydrogen-bond acceptors (Lipinski definition) is 6. The maximum absolute atomic E-state index is 5.97. The summed E-state index contributed by atoms with van der Waals surface area (Å²) in [6, 6.07) is 26.0. The number of benzene rings is 3. The van der Waals surface area contributed by atoms with Gasteiger partial charge in [0.2, 0.25) is 5.95 Å². The zero-order valence-corrected chi connectivity index (χ0v) is 24.5. The van der Waals surface area contributed by atoms with Crippen LogP contribution in [0.25, 0.3) is 11.3 Å². The van der Waals surface area contributed by atoms with Crippen molar-refractivity contribution < 1.29 is 9.47 Å². The van der Waals surface area contributed by atoms with Gasteiger partial charge in [-0.15, -0.1) is 0 Å². The lowest BCUT2D eigenvalue weighted by Crippen LogP contribution is -2.27. The summed E-state index contributed by atoms with van der Waals surface area (Å²) in [5, 5.41) is 4.12. The topological polar surface area (TPSA) is 59.5 Å². The van der Waals surface area contributed by atoms with Crippen molar-refractivity contribution in [3.8, 4) is 22.8 Å². The van der Waals surface area contributed by atoms with Gasteiger partial charge in [0.1, 0.15) is 18.1 Å². The lowest BCUT2D eigenvalue weighted by molar-refractivity contribution is 0.223. The highest BCUT2D eigenvalue weighted by Gasteiger charge is 2.09. The molecule has 0 atom stereocenters. The molecule has 3 aromatic carbocycles. The normalized spacial score (nSPS) is 11.0. The predicted octanol–water partition coefficient (Wildman–Crippen LogP) is 7.84. The van der Waals surface area contributed by atoms with E-state index in [0.717, 1.165) is 78.1 Å². The van der Waals surface area contributed by atoms with E-state index in [4.69, 9.17) is 31.0 Å². The standard InChI is InChI=1S/C33H39ClN4O2/c1-4-7-29-24-32(26-10-16-30(17-11-26)39-22-20-25-8-12-27(34)13-9-25)37-33(36-29)35-28-14-18-31(19-15-28)40-23-21-38(5-2)6-3/h8-19,24H,4-7,20-23H2,1-3H3,(H,35,36,37). The monoisotopic (exact) mass is 558 g/mol. The molecule has 210 valence electrons. The molecule has 0 aliphatic heterocycles. The fourth-order valence-electron chi connectivity index (χ4n) is 4.34. The smallest absolute Gasteiger partial charge is 0.227 e. The van der Waals surface area contributed by atoms with Crippen LogP contribution < -0.4 is 14.8 Å². The first-order valence-electron chi connectivity index (χ1n) is 14.1. The van der Waals surface area contributed by atoms with E-state index in [0.29, 0.717) is 19.2 Å². The molecule has 1 N–H and O–H groups in total. The van der Waals surface area contributed by atoms with Crippen LogP contribution in [-0.4, -0.2) is 47.7 Å². The minimum absolute atomic E-state index is 0.583. The Hall–Kier alpha value is -3.61. The van der Waals surface area contributed by atoms with E-state index in [1.165, 1.54) is 5.56 Å². The minimum atomic E-state index is 0.583. The van der Waals surface area contributed by atoms with E-state index < -0.39 is 0 Å². The van der Waals surface area contributed by atoms with Gasteiger partial charge in [-0.3, -0.25) is 0 Å². The third-order valence-electron chi connectivity index (χ3n) is 6.69. The van der Waals surface area contributed by atoms with Crippen molar-refractivity contribution in [2.45, 2.75) is 40.0 Å². The maximum atomic E-state index is 5.97. The molecule has 0 saturated heterocycles. The van der Waals surface area contributed by atoms with Crippen molar-refractivity contribution in [2.24, 2.45) is 0 Å². The molecule has 0 spiro atoms. The van der Waals surface area contributed by atoms with E-state index in [1.807, 2.05) is 72.8 Å². The second-order valence-corrected chi connectivity index (χ2v) is 10.0. The Labute approximate surface area is 243 Å². The third kappa shape index (κ3) is 8.97. The molecule has 0 amide bonds. The summed E-state index contributed by atoms with van der Waals surface area (Å²) < 4.78 is 11.9. The van der Waals surface area contributed by atoms with Crippen molar-refractivity contribution in [1.29, 1.82) is 0 Å². The second-order valence-electron chi connectivity index (χ2n) is 9.59. The Kier molecular flexibility index (Phi) is 11.2. The van der Waals surface area contributed by atoms with Crippen LogP contribution in [0.2, 0.25) is 5.02 Å². The molecule has 0 aliphatic carbocycles. The van der Waals surface area contributed by atoms with Gasteiger partial charge in [0.25, 0.3) is 0 Å². The first-order valence-corrected chi connectivity index (χ1v) is 14.5. The summed E-state index contributed by atoms with van der Waals surface area (Å²) in [5.74, 6) is 2.27. The molecule has 40 heavy (non-hydrogen) atoms. The van der Waals surface area contributed by atoms with E-state index in [2.05, 4.69) is 37.1 Å². The molecule has 0 saturated carbocycles. The molecule has 6 nitrogen and oxygen atoms in total. The van der Waals surface area contributed by atoms with Crippen LogP contribution in [0.1, 0.15) is 38.4 Å². The number of ether oxygens (including phenoxy) is 2. The van der Waals surface area contributed by atoms with Crippen molar-refractivity contribution >= 4 is 23.2 Å². The summed E-state index contributed by atoms with van der Waals surface area (Å²) in [6.07, 6.45) is 2.72. The Bertz CT molecular complexity index is 1310. The number of nitrogens with one attached hydrogen (secondary N) is 1. The molecular formula is C33H39ClN4O2. The molecule has 0 unspecified atom stereocenters. The largest absolute Gasteiger partial charge is 0.493 e. The second kappa shape index (κ2) is 15.2. The molecule has 0 fully saturated rings. The highest BCUT2D eigenvalue weighted by molar-refractivity contribution is 6.30. The number of aryl methyl sites for hydroxylation is 1.